The predicted molar refractivity (Wildman–Crippen MR) is 214 cm³/mol. The van der Waals surface area contributed by atoms with Gasteiger partial charge in [-0.3, -0.25) is 9.59 Å². The molecule has 0 spiro atoms. The lowest BCUT2D eigenvalue weighted by molar-refractivity contribution is -0.116. The van der Waals surface area contributed by atoms with Gasteiger partial charge in [-0.2, -0.15) is 10.5 Å². The van der Waals surface area contributed by atoms with Gasteiger partial charge in [-0.25, -0.2) is 31.9 Å². The third kappa shape index (κ3) is 11.2. The Bertz CT molecular complexity index is 2490. The number of rotatable bonds is 8. The van der Waals surface area contributed by atoms with Crippen LogP contribution in [-0.4, -0.2) is 58.3 Å². The highest BCUT2D eigenvalue weighted by molar-refractivity contribution is 7.89. The Balaban J connectivity index is 0.000000224. The molecule has 300 valence electrons. The fourth-order valence-electron chi connectivity index (χ4n) is 5.94. The van der Waals surface area contributed by atoms with Gasteiger partial charge in [0.25, 0.3) is 0 Å². The summed E-state index contributed by atoms with van der Waals surface area (Å²) in [6.07, 6.45) is 0.945. The fraction of sp³-hybridized carbons (Fsp3) is 0.324. The molecular weight excluding hydrogens is 813 g/mol. The molecular formula is C37H40N8O8S4. The number of nitrogens with two attached hydrogens (primary N) is 2. The van der Waals surface area contributed by atoms with E-state index in [1.807, 2.05) is 0 Å². The number of hydrogen-bond acceptors (Lipinski definition) is 13. The van der Waals surface area contributed by atoms with Crippen LogP contribution in [0, 0.1) is 22.7 Å². The van der Waals surface area contributed by atoms with E-state index in [9.17, 15) is 41.7 Å². The Labute approximate surface area is 338 Å². The predicted octanol–water partition coefficient (Wildman–Crippen LogP) is 3.84. The zero-order valence-corrected chi connectivity index (χ0v) is 34.4. The third-order valence-corrected chi connectivity index (χ3v) is 12.7. The van der Waals surface area contributed by atoms with E-state index < -0.39 is 31.7 Å². The van der Waals surface area contributed by atoms with Crippen molar-refractivity contribution in [2.75, 3.05) is 23.7 Å². The number of primary sulfonamides is 2. The SMILES string of the molecule is CC(C)(C)OC(=O)N1CCc2c(sc(NC(=O)Cc3ccc(S(N)(=O)=O)cc3)c2C#N)C1.N#Cc1c(NC(=O)Cc2ccc(S(N)(=O)=O)cc2)sc2c1CCNC2. The van der Waals surface area contributed by atoms with Crippen molar-refractivity contribution in [3.8, 4) is 12.1 Å². The summed E-state index contributed by atoms with van der Waals surface area (Å²) in [6, 6.07) is 15.9. The number of hydrogen-bond donors (Lipinski definition) is 5. The number of nitrogens with zero attached hydrogens (tertiary/aromatic N) is 3. The lowest BCUT2D eigenvalue weighted by atomic mass is 10.0. The van der Waals surface area contributed by atoms with Crippen LogP contribution in [0.5, 0.6) is 0 Å². The van der Waals surface area contributed by atoms with Gasteiger partial charge in [-0.15, -0.1) is 22.7 Å². The number of carbonyl (C=O) groups is 3. The minimum atomic E-state index is -3.80. The lowest BCUT2D eigenvalue weighted by Crippen LogP contribution is -2.39. The second kappa shape index (κ2) is 17.5. The van der Waals surface area contributed by atoms with Gasteiger partial charge in [-0.1, -0.05) is 24.3 Å². The zero-order chi connectivity index (χ0) is 41.7. The monoisotopic (exact) mass is 852 g/mol. The van der Waals surface area contributed by atoms with Crippen molar-refractivity contribution in [3.63, 3.8) is 0 Å². The van der Waals surface area contributed by atoms with Crippen LogP contribution in [-0.2, 0) is 73.1 Å². The molecule has 3 amide bonds. The number of thiophene rings is 2. The molecule has 2 aromatic heterocycles. The highest BCUT2D eigenvalue weighted by Gasteiger charge is 2.30. The van der Waals surface area contributed by atoms with Crippen LogP contribution < -0.4 is 26.2 Å². The molecule has 0 radical (unpaired) electrons. The van der Waals surface area contributed by atoms with E-state index in [1.54, 1.807) is 37.8 Å². The Morgan fingerprint density at radius 2 is 1.25 bits per heavy atom. The molecule has 2 aliphatic heterocycles. The van der Waals surface area contributed by atoms with Crippen molar-refractivity contribution in [2.45, 2.75) is 74.9 Å². The molecule has 2 aliphatic rings. The summed E-state index contributed by atoms with van der Waals surface area (Å²) in [4.78, 5) is 40.7. The minimum absolute atomic E-state index is 0.00172. The molecule has 16 nitrogen and oxygen atoms in total. The van der Waals surface area contributed by atoms with E-state index in [0.29, 0.717) is 58.3 Å². The molecule has 0 atom stereocenters. The Morgan fingerprint density at radius 3 is 1.68 bits per heavy atom. The average Bonchev–Trinajstić information content (AvgIpc) is 3.66. The first-order valence-corrected chi connectivity index (χ1v) is 22.1. The fourth-order valence-corrected chi connectivity index (χ4v) is 9.38. The summed E-state index contributed by atoms with van der Waals surface area (Å²) in [5, 5.41) is 39.0. The first kappa shape index (κ1) is 42.9. The van der Waals surface area contributed by atoms with E-state index in [-0.39, 0.29) is 34.4 Å². The van der Waals surface area contributed by atoms with Crippen molar-refractivity contribution < 1.29 is 36.0 Å². The standard InChI is InChI=1S/C21H24N4O5S2.C16H16N4O3S2/c1-21(2,3)30-20(27)25-9-8-15-16(11-22)19(31-17(15)12-25)24-18(26)10-13-4-6-14(7-5-13)32(23,28)29;17-8-13-12-5-6-19-9-14(12)24-16(13)20-15(21)7-10-1-3-11(4-2-10)25(18,22)23/h4-7H,8-10,12H2,1-3H3,(H,24,26)(H2,23,28,29);1-4,19H,5-7,9H2,(H,20,21)(H2,18,22,23). The number of ether oxygens (including phenoxy) is 1. The smallest absolute Gasteiger partial charge is 0.410 e. The maximum atomic E-state index is 12.5. The van der Waals surface area contributed by atoms with E-state index >= 15 is 0 Å². The molecule has 6 rings (SSSR count). The molecule has 0 unspecified atom stereocenters. The summed E-state index contributed by atoms with van der Waals surface area (Å²) < 4.78 is 50.6. The van der Waals surface area contributed by atoms with E-state index in [1.165, 1.54) is 59.1 Å². The van der Waals surface area contributed by atoms with Crippen molar-refractivity contribution in [1.29, 1.82) is 10.5 Å². The molecule has 0 saturated carbocycles. The maximum Gasteiger partial charge on any atom is 0.410 e. The Kier molecular flexibility index (Phi) is 13.2. The van der Waals surface area contributed by atoms with Crippen LogP contribution in [0.4, 0.5) is 14.8 Å². The van der Waals surface area contributed by atoms with Crippen LogP contribution in [0.3, 0.4) is 0 Å². The first-order chi connectivity index (χ1) is 26.7. The van der Waals surface area contributed by atoms with Crippen molar-refractivity contribution in [1.82, 2.24) is 10.2 Å². The summed E-state index contributed by atoms with van der Waals surface area (Å²) in [7, 11) is -7.55. The van der Waals surface area contributed by atoms with Gasteiger partial charge in [0.1, 0.15) is 27.7 Å². The molecule has 0 bridgehead atoms. The van der Waals surface area contributed by atoms with Gasteiger partial charge in [-0.05, 0) is 86.7 Å². The number of benzene rings is 2. The molecule has 4 heterocycles. The highest BCUT2D eigenvalue weighted by atomic mass is 32.2. The van der Waals surface area contributed by atoms with Crippen molar-refractivity contribution in [2.24, 2.45) is 10.3 Å². The number of fused-ring (bicyclic) bond motifs is 2. The minimum Gasteiger partial charge on any atom is -0.444 e. The molecule has 57 heavy (non-hydrogen) atoms. The zero-order valence-electron chi connectivity index (χ0n) is 31.2. The van der Waals surface area contributed by atoms with Gasteiger partial charge in [0.05, 0.1) is 40.3 Å². The van der Waals surface area contributed by atoms with Crippen LogP contribution in [0.25, 0.3) is 0 Å². The Hall–Kier alpha value is -5.19. The lowest BCUT2D eigenvalue weighted by Gasteiger charge is -2.29. The number of sulfonamides is 2. The van der Waals surface area contributed by atoms with E-state index in [2.05, 4.69) is 28.1 Å². The molecule has 0 aliphatic carbocycles. The number of nitrogens with one attached hydrogen (secondary N) is 3. The van der Waals surface area contributed by atoms with Crippen molar-refractivity contribution in [3.05, 3.63) is 91.7 Å². The third-order valence-electron chi connectivity index (χ3n) is 8.60. The maximum absolute atomic E-state index is 12.5. The summed E-state index contributed by atoms with van der Waals surface area (Å²) in [6.45, 7) is 7.67. The molecule has 4 aromatic rings. The molecule has 0 fully saturated rings. The normalized spacial score (nSPS) is 13.8. The van der Waals surface area contributed by atoms with Crippen LogP contribution >= 0.6 is 22.7 Å². The number of carbonyl (C=O) groups excluding carboxylic acids is 3. The number of nitriles is 2. The molecule has 7 N–H and O–H groups in total. The van der Waals surface area contributed by atoms with Gasteiger partial charge in [0, 0.05) is 22.8 Å². The van der Waals surface area contributed by atoms with Gasteiger partial charge in [0.2, 0.25) is 31.9 Å². The summed E-state index contributed by atoms with van der Waals surface area (Å²) >= 11 is 2.69. The van der Waals surface area contributed by atoms with E-state index in [0.717, 1.165) is 33.8 Å². The highest BCUT2D eigenvalue weighted by Crippen LogP contribution is 2.37. The topological polar surface area (TPSA) is 268 Å². The molecule has 2 aromatic carbocycles. The first-order valence-electron chi connectivity index (χ1n) is 17.4. The van der Waals surface area contributed by atoms with Crippen molar-refractivity contribution >= 4 is 70.6 Å². The largest absolute Gasteiger partial charge is 0.444 e. The Morgan fingerprint density at radius 1 is 0.789 bits per heavy atom. The van der Waals surface area contributed by atoms with Crippen LogP contribution in [0.1, 0.15) is 63.9 Å². The molecule has 0 saturated heterocycles. The number of amides is 3. The summed E-state index contributed by atoms with van der Waals surface area (Å²) in [5.74, 6) is -0.598. The van der Waals surface area contributed by atoms with Crippen LogP contribution in [0.2, 0.25) is 0 Å². The van der Waals surface area contributed by atoms with Gasteiger partial charge >= 0.3 is 6.09 Å². The second-order valence-corrected chi connectivity index (χ2v) is 19.4. The quantitative estimate of drug-likeness (QED) is 0.170. The van der Waals surface area contributed by atoms with Gasteiger partial charge < -0.3 is 25.6 Å². The summed E-state index contributed by atoms with van der Waals surface area (Å²) in [5.41, 5.74) is 3.46. The van der Waals surface area contributed by atoms with Crippen LogP contribution in [0.15, 0.2) is 58.3 Å². The molecule has 20 heteroatoms. The van der Waals surface area contributed by atoms with E-state index in [4.69, 9.17) is 15.0 Å². The number of anilines is 2. The average molecular weight is 853 g/mol. The van der Waals surface area contributed by atoms with Gasteiger partial charge in [0.15, 0.2) is 0 Å². The second-order valence-electron chi connectivity index (χ2n) is 14.0.